The van der Waals surface area contributed by atoms with Crippen molar-refractivity contribution in [1.29, 1.82) is 0 Å². The second-order valence-electron chi connectivity index (χ2n) is 3.90. The quantitative estimate of drug-likeness (QED) is 0.641. The van der Waals surface area contributed by atoms with Gasteiger partial charge in [0.15, 0.2) is 0 Å². The maximum absolute atomic E-state index is 9.43. The van der Waals surface area contributed by atoms with Crippen molar-refractivity contribution in [2.24, 2.45) is 9.98 Å². The van der Waals surface area contributed by atoms with Gasteiger partial charge in [0.05, 0.1) is 24.2 Å². The third-order valence-corrected chi connectivity index (χ3v) is 2.45. The van der Waals surface area contributed by atoms with Gasteiger partial charge in [-0.15, -0.1) is 0 Å². The third kappa shape index (κ3) is 5.32. The second kappa shape index (κ2) is 8.83. The number of aliphatic imine (C=N–C) groups is 2. The molecule has 0 aliphatic carbocycles. The Balaban J connectivity index is 0.00000220. The topological polar surface area (TPSA) is 91.0 Å². The SMILES string of the molecule is Oc1ncccc1C=NCCN=Cc1cccnc1O.[Co]. The molecule has 0 spiro atoms. The van der Waals surface area contributed by atoms with Crippen molar-refractivity contribution in [3.63, 3.8) is 0 Å². The number of hydrogen-bond acceptors (Lipinski definition) is 6. The summed E-state index contributed by atoms with van der Waals surface area (Å²) < 4.78 is 0. The number of aromatic nitrogens is 2. The fourth-order valence-corrected chi connectivity index (χ4v) is 1.46. The second-order valence-corrected chi connectivity index (χ2v) is 3.90. The molecule has 0 aliphatic rings. The van der Waals surface area contributed by atoms with E-state index in [1.54, 1.807) is 36.7 Å². The molecule has 0 unspecified atom stereocenters. The molecule has 2 aromatic heterocycles. The van der Waals surface area contributed by atoms with E-state index < -0.39 is 0 Å². The molecule has 2 rings (SSSR count). The molecule has 111 valence electrons. The Morgan fingerprint density at radius 2 is 1.29 bits per heavy atom. The summed E-state index contributed by atoms with van der Waals surface area (Å²) in [6, 6.07) is 6.90. The van der Waals surface area contributed by atoms with Gasteiger partial charge in [-0.05, 0) is 24.3 Å². The number of aromatic hydroxyl groups is 2. The summed E-state index contributed by atoms with van der Waals surface area (Å²) in [6.45, 7) is 0.956. The molecule has 0 bridgehead atoms. The summed E-state index contributed by atoms with van der Waals surface area (Å²) in [5, 5.41) is 18.9. The molecular formula is C14H14CoN4O2. The van der Waals surface area contributed by atoms with Gasteiger partial charge in [-0.1, -0.05) is 0 Å². The van der Waals surface area contributed by atoms with Gasteiger partial charge in [-0.3, -0.25) is 9.98 Å². The van der Waals surface area contributed by atoms with E-state index in [1.165, 1.54) is 12.4 Å². The van der Waals surface area contributed by atoms with Crippen molar-refractivity contribution in [2.45, 2.75) is 0 Å². The summed E-state index contributed by atoms with van der Waals surface area (Å²) in [5.41, 5.74) is 1.14. The molecule has 0 amide bonds. The average molecular weight is 329 g/mol. The van der Waals surface area contributed by atoms with Gasteiger partial charge in [0.25, 0.3) is 0 Å². The zero-order chi connectivity index (χ0) is 14.2. The Hall–Kier alpha value is -2.25. The number of nitrogens with zero attached hydrogens (tertiary/aromatic N) is 4. The Labute approximate surface area is 132 Å². The van der Waals surface area contributed by atoms with Crippen LogP contribution in [0.4, 0.5) is 0 Å². The predicted molar refractivity (Wildman–Crippen MR) is 76.7 cm³/mol. The Bertz CT molecular complexity index is 576. The first kappa shape index (κ1) is 16.8. The van der Waals surface area contributed by atoms with Crippen LogP contribution >= 0.6 is 0 Å². The summed E-state index contributed by atoms with van der Waals surface area (Å²) in [4.78, 5) is 15.8. The first-order chi connectivity index (χ1) is 9.77. The first-order valence-corrected chi connectivity index (χ1v) is 6.05. The smallest absolute Gasteiger partial charge is 0.219 e. The minimum absolute atomic E-state index is 0. The molecule has 2 heterocycles. The molecule has 0 aromatic carbocycles. The average Bonchev–Trinajstić information content (AvgIpc) is 2.46. The largest absolute Gasteiger partial charge is 0.493 e. The van der Waals surface area contributed by atoms with E-state index in [4.69, 9.17) is 0 Å². The van der Waals surface area contributed by atoms with Crippen molar-refractivity contribution in [2.75, 3.05) is 13.1 Å². The monoisotopic (exact) mass is 329 g/mol. The number of rotatable bonds is 5. The van der Waals surface area contributed by atoms with E-state index in [9.17, 15) is 10.2 Å². The summed E-state index contributed by atoms with van der Waals surface area (Å²) in [7, 11) is 0. The van der Waals surface area contributed by atoms with Crippen LogP contribution in [-0.2, 0) is 16.8 Å². The Morgan fingerprint density at radius 1 is 0.857 bits per heavy atom. The van der Waals surface area contributed by atoms with Crippen molar-refractivity contribution in [3.8, 4) is 11.8 Å². The van der Waals surface area contributed by atoms with Crippen molar-refractivity contribution in [3.05, 3.63) is 47.8 Å². The van der Waals surface area contributed by atoms with Crippen LogP contribution in [0.25, 0.3) is 0 Å². The number of hydrogen-bond donors (Lipinski definition) is 2. The van der Waals surface area contributed by atoms with Crippen LogP contribution in [0.1, 0.15) is 11.1 Å². The third-order valence-electron chi connectivity index (χ3n) is 2.45. The fraction of sp³-hybridized carbons (Fsp3) is 0.143. The van der Waals surface area contributed by atoms with Gasteiger partial charge in [0.1, 0.15) is 0 Å². The summed E-state index contributed by atoms with van der Waals surface area (Å²) in [5.74, 6) is -0.0833. The van der Waals surface area contributed by atoms with Crippen LogP contribution in [0, 0.1) is 0 Å². The van der Waals surface area contributed by atoms with Crippen LogP contribution in [-0.4, -0.2) is 45.7 Å². The minimum atomic E-state index is -0.0416. The van der Waals surface area contributed by atoms with Gasteiger partial charge in [0.2, 0.25) is 11.8 Å². The van der Waals surface area contributed by atoms with Crippen molar-refractivity contribution < 1.29 is 27.0 Å². The van der Waals surface area contributed by atoms with Crippen LogP contribution in [0.2, 0.25) is 0 Å². The fourth-order valence-electron chi connectivity index (χ4n) is 1.46. The molecule has 21 heavy (non-hydrogen) atoms. The van der Waals surface area contributed by atoms with Gasteiger partial charge < -0.3 is 10.2 Å². The Morgan fingerprint density at radius 3 is 1.67 bits per heavy atom. The standard InChI is InChI=1S/C14H14N4O2.Co/c19-13-11(3-1-5-17-13)9-15-7-8-16-10-12-4-2-6-18-14(12)20;/h1-6,9-10H,7-8H2,(H,17,19)(H,18,20);. The maximum atomic E-state index is 9.43. The normalized spacial score (nSPS) is 10.9. The van der Waals surface area contributed by atoms with E-state index in [0.717, 1.165) is 0 Å². The van der Waals surface area contributed by atoms with Gasteiger partial charge in [0, 0.05) is 41.6 Å². The van der Waals surface area contributed by atoms with Gasteiger partial charge in [-0.25, -0.2) is 9.97 Å². The molecule has 0 atom stereocenters. The molecule has 0 saturated heterocycles. The molecule has 1 radical (unpaired) electrons. The molecule has 2 N–H and O–H groups in total. The molecule has 0 fully saturated rings. The zero-order valence-electron chi connectivity index (χ0n) is 11.0. The van der Waals surface area contributed by atoms with Crippen molar-refractivity contribution >= 4 is 12.4 Å². The molecule has 6 nitrogen and oxygen atoms in total. The molecule has 2 aromatic rings. The molecule has 7 heteroatoms. The summed E-state index contributed by atoms with van der Waals surface area (Å²) >= 11 is 0. The molecule has 0 aliphatic heterocycles. The van der Waals surface area contributed by atoms with Crippen LogP contribution in [0.15, 0.2) is 46.6 Å². The van der Waals surface area contributed by atoms with Crippen LogP contribution < -0.4 is 0 Å². The van der Waals surface area contributed by atoms with E-state index in [-0.39, 0.29) is 28.5 Å². The summed E-state index contributed by atoms with van der Waals surface area (Å²) in [6.07, 6.45) is 6.13. The maximum Gasteiger partial charge on any atom is 0.219 e. The predicted octanol–water partition coefficient (Wildman–Crippen LogP) is 1.42. The van der Waals surface area contributed by atoms with Crippen LogP contribution in [0.3, 0.4) is 0 Å². The zero-order valence-corrected chi connectivity index (χ0v) is 12.1. The number of pyridine rings is 2. The van der Waals surface area contributed by atoms with E-state index in [2.05, 4.69) is 20.0 Å². The first-order valence-electron chi connectivity index (χ1n) is 6.05. The van der Waals surface area contributed by atoms with E-state index in [0.29, 0.717) is 24.2 Å². The van der Waals surface area contributed by atoms with Gasteiger partial charge in [-0.2, -0.15) is 0 Å². The van der Waals surface area contributed by atoms with Crippen LogP contribution in [0.5, 0.6) is 11.8 Å². The van der Waals surface area contributed by atoms with E-state index in [1.807, 2.05) is 0 Å². The van der Waals surface area contributed by atoms with Gasteiger partial charge >= 0.3 is 0 Å². The van der Waals surface area contributed by atoms with Crippen molar-refractivity contribution in [1.82, 2.24) is 9.97 Å². The van der Waals surface area contributed by atoms with E-state index >= 15 is 0 Å². The molecule has 0 saturated carbocycles. The minimum Gasteiger partial charge on any atom is -0.493 e. The molecular weight excluding hydrogens is 315 g/mol. The Kier molecular flexibility index (Phi) is 7.06.